The van der Waals surface area contributed by atoms with Crippen LogP contribution in [0.2, 0.25) is 0 Å². The van der Waals surface area contributed by atoms with Crippen molar-refractivity contribution in [3.63, 3.8) is 0 Å². The Morgan fingerprint density at radius 2 is 1.85 bits per heavy atom. The number of aryl methyl sites for hydroxylation is 1. The Hall–Kier alpha value is -1.06. The van der Waals surface area contributed by atoms with E-state index < -0.39 is 5.92 Å². The molecule has 0 N–H and O–H groups in total. The van der Waals surface area contributed by atoms with Crippen LogP contribution in [0, 0.1) is 6.92 Å². The lowest BCUT2D eigenvalue weighted by Crippen LogP contribution is -2.13. The zero-order valence-corrected chi connectivity index (χ0v) is 7.72. The van der Waals surface area contributed by atoms with E-state index in [-0.39, 0.29) is 12.0 Å². The van der Waals surface area contributed by atoms with Gasteiger partial charge in [0.1, 0.15) is 5.82 Å². The van der Waals surface area contributed by atoms with Gasteiger partial charge in [-0.3, -0.25) is 0 Å². The van der Waals surface area contributed by atoms with Gasteiger partial charge >= 0.3 is 0 Å². The average Bonchev–Trinajstić information content (AvgIpc) is 2.05. The fraction of sp³-hybridized carbons (Fsp3) is 0.556. The van der Waals surface area contributed by atoms with Crippen LogP contribution in [-0.2, 0) is 5.92 Å². The largest absolute Gasteiger partial charge is 0.276 e. The Bertz CT molecular complexity index is 269. The first-order valence-corrected chi connectivity index (χ1v) is 4.23. The van der Waals surface area contributed by atoms with Crippen molar-refractivity contribution < 1.29 is 8.78 Å². The Morgan fingerprint density at radius 1 is 1.31 bits per heavy atom. The van der Waals surface area contributed by atoms with E-state index in [1.807, 2.05) is 0 Å². The molecular formula is C9H12F2N2. The monoisotopic (exact) mass is 186 g/mol. The van der Waals surface area contributed by atoms with E-state index in [2.05, 4.69) is 9.97 Å². The number of nitrogens with zero attached hydrogens (tertiary/aromatic N) is 2. The van der Waals surface area contributed by atoms with E-state index in [1.165, 1.54) is 12.4 Å². The van der Waals surface area contributed by atoms with E-state index in [4.69, 9.17) is 0 Å². The normalized spacial score (nSPS) is 11.7. The smallest absolute Gasteiger partial charge is 0.241 e. The van der Waals surface area contributed by atoms with E-state index >= 15 is 0 Å². The van der Waals surface area contributed by atoms with Crippen molar-refractivity contribution in [1.82, 2.24) is 9.97 Å². The summed E-state index contributed by atoms with van der Waals surface area (Å²) < 4.78 is 26.4. The second-order valence-electron chi connectivity index (χ2n) is 2.97. The Morgan fingerprint density at radius 3 is 2.31 bits per heavy atom. The van der Waals surface area contributed by atoms with E-state index in [0.29, 0.717) is 12.2 Å². The molecule has 0 saturated heterocycles. The summed E-state index contributed by atoms with van der Waals surface area (Å²) in [7, 11) is 0. The molecule has 0 bridgehead atoms. The summed E-state index contributed by atoms with van der Waals surface area (Å²) in [5.74, 6) is -2.28. The minimum absolute atomic E-state index is 0.0973. The zero-order chi connectivity index (χ0) is 9.90. The molecule has 1 heterocycles. The molecule has 0 radical (unpaired) electrons. The van der Waals surface area contributed by atoms with Crippen molar-refractivity contribution >= 4 is 0 Å². The fourth-order valence-electron chi connectivity index (χ4n) is 1.04. The summed E-state index contributed by atoms with van der Waals surface area (Å²) >= 11 is 0. The predicted molar refractivity (Wildman–Crippen MR) is 45.6 cm³/mol. The second kappa shape index (κ2) is 3.77. The van der Waals surface area contributed by atoms with Gasteiger partial charge < -0.3 is 0 Å². The highest BCUT2D eigenvalue weighted by Gasteiger charge is 2.30. The quantitative estimate of drug-likeness (QED) is 0.725. The van der Waals surface area contributed by atoms with Crippen LogP contribution in [0.3, 0.4) is 0 Å². The van der Waals surface area contributed by atoms with Gasteiger partial charge in [0.25, 0.3) is 5.92 Å². The van der Waals surface area contributed by atoms with Gasteiger partial charge in [0, 0.05) is 18.8 Å². The van der Waals surface area contributed by atoms with Crippen LogP contribution in [0.1, 0.15) is 31.2 Å². The maximum Gasteiger partial charge on any atom is 0.276 e. The summed E-state index contributed by atoms with van der Waals surface area (Å²) in [4.78, 5) is 7.47. The third-order valence-electron chi connectivity index (χ3n) is 1.77. The van der Waals surface area contributed by atoms with Crippen LogP contribution in [0.15, 0.2) is 12.4 Å². The molecule has 0 aromatic carbocycles. The van der Waals surface area contributed by atoms with Gasteiger partial charge in [-0.05, 0) is 6.92 Å². The van der Waals surface area contributed by atoms with Crippen LogP contribution < -0.4 is 0 Å². The molecular weight excluding hydrogens is 174 g/mol. The molecule has 0 unspecified atom stereocenters. The van der Waals surface area contributed by atoms with E-state index in [1.54, 1.807) is 13.8 Å². The molecule has 1 rings (SSSR count). The molecule has 0 amide bonds. The van der Waals surface area contributed by atoms with Gasteiger partial charge in [0.2, 0.25) is 0 Å². The summed E-state index contributed by atoms with van der Waals surface area (Å²) in [6.07, 6.45) is 2.68. The van der Waals surface area contributed by atoms with Crippen LogP contribution >= 0.6 is 0 Å². The molecule has 0 aliphatic rings. The summed E-state index contributed by atoms with van der Waals surface area (Å²) in [5, 5.41) is 0. The lowest BCUT2D eigenvalue weighted by Gasteiger charge is -2.14. The first kappa shape index (κ1) is 10.0. The lowest BCUT2D eigenvalue weighted by molar-refractivity contribution is -0.0147. The number of hydrogen-bond acceptors (Lipinski definition) is 2. The highest BCUT2D eigenvalue weighted by molar-refractivity contribution is 5.11. The van der Waals surface area contributed by atoms with Gasteiger partial charge in [-0.2, -0.15) is 0 Å². The third kappa shape index (κ3) is 2.44. The van der Waals surface area contributed by atoms with Crippen LogP contribution in [0.25, 0.3) is 0 Å². The number of aromatic nitrogens is 2. The van der Waals surface area contributed by atoms with Gasteiger partial charge in [0.05, 0.1) is 5.56 Å². The van der Waals surface area contributed by atoms with Crippen molar-refractivity contribution in [3.8, 4) is 0 Å². The Labute approximate surface area is 76.0 Å². The second-order valence-corrected chi connectivity index (χ2v) is 2.97. The molecule has 0 atom stereocenters. The first-order valence-electron chi connectivity index (χ1n) is 4.23. The molecule has 0 aliphatic heterocycles. The molecule has 4 heteroatoms. The van der Waals surface area contributed by atoms with Crippen molar-refractivity contribution in [3.05, 3.63) is 23.8 Å². The minimum Gasteiger partial charge on any atom is -0.241 e. The molecule has 0 saturated carbocycles. The van der Waals surface area contributed by atoms with Crippen LogP contribution in [-0.4, -0.2) is 9.97 Å². The first-order chi connectivity index (χ1) is 6.06. The predicted octanol–water partition coefficient (Wildman–Crippen LogP) is 2.68. The number of rotatable bonds is 3. The van der Waals surface area contributed by atoms with Gasteiger partial charge in [-0.25, -0.2) is 18.7 Å². The minimum atomic E-state index is -2.79. The third-order valence-corrected chi connectivity index (χ3v) is 1.77. The van der Waals surface area contributed by atoms with Gasteiger partial charge in [-0.1, -0.05) is 13.3 Å². The van der Waals surface area contributed by atoms with Crippen molar-refractivity contribution in [1.29, 1.82) is 0 Å². The molecule has 0 fully saturated rings. The highest BCUT2D eigenvalue weighted by atomic mass is 19.3. The molecule has 1 aromatic rings. The molecule has 1 aromatic heterocycles. The zero-order valence-electron chi connectivity index (χ0n) is 7.72. The van der Waals surface area contributed by atoms with Crippen LogP contribution in [0.4, 0.5) is 8.78 Å². The number of alkyl halides is 2. The average molecular weight is 186 g/mol. The maximum atomic E-state index is 13.2. The van der Waals surface area contributed by atoms with Crippen LogP contribution in [0.5, 0.6) is 0 Å². The van der Waals surface area contributed by atoms with Crippen molar-refractivity contribution in [2.75, 3.05) is 0 Å². The maximum absolute atomic E-state index is 13.2. The Kier molecular flexibility index (Phi) is 2.90. The van der Waals surface area contributed by atoms with E-state index in [0.717, 1.165) is 0 Å². The fourth-order valence-corrected chi connectivity index (χ4v) is 1.04. The summed E-state index contributed by atoms with van der Waals surface area (Å²) in [5.41, 5.74) is -0.0973. The van der Waals surface area contributed by atoms with E-state index in [9.17, 15) is 8.78 Å². The molecule has 72 valence electrons. The number of halogens is 2. The van der Waals surface area contributed by atoms with Gasteiger partial charge in [-0.15, -0.1) is 0 Å². The summed E-state index contributed by atoms with van der Waals surface area (Å²) in [6, 6.07) is 0. The highest BCUT2D eigenvalue weighted by Crippen LogP contribution is 2.31. The molecule has 0 spiro atoms. The Balaban J connectivity index is 2.87. The van der Waals surface area contributed by atoms with Crippen molar-refractivity contribution in [2.45, 2.75) is 32.6 Å². The standard InChI is InChI=1S/C9H12F2N2/c1-3-4-9(10,11)8-5-12-7(2)13-6-8/h5-6H,3-4H2,1-2H3. The molecule has 13 heavy (non-hydrogen) atoms. The number of hydrogen-bond donors (Lipinski definition) is 0. The topological polar surface area (TPSA) is 25.8 Å². The molecule has 0 aliphatic carbocycles. The SMILES string of the molecule is CCCC(F)(F)c1cnc(C)nc1. The summed E-state index contributed by atoms with van der Waals surface area (Å²) in [6.45, 7) is 3.39. The molecule has 2 nitrogen and oxygen atoms in total. The van der Waals surface area contributed by atoms with Crippen molar-refractivity contribution in [2.24, 2.45) is 0 Å². The van der Waals surface area contributed by atoms with Gasteiger partial charge in [0.15, 0.2) is 0 Å². The lowest BCUT2D eigenvalue weighted by atomic mass is 10.1.